The molecule has 1 amide bonds. The second-order valence-corrected chi connectivity index (χ2v) is 5.85. The molecular weight excluding hydrogens is 240 g/mol. The van der Waals surface area contributed by atoms with Crippen LogP contribution in [0.4, 0.5) is 0 Å². The third-order valence-electron chi connectivity index (χ3n) is 3.00. The van der Waals surface area contributed by atoms with Crippen molar-refractivity contribution in [3.05, 3.63) is 30.1 Å². The van der Waals surface area contributed by atoms with Gasteiger partial charge in [0.15, 0.2) is 0 Å². The average Bonchev–Trinajstić information content (AvgIpc) is 2.34. The van der Waals surface area contributed by atoms with Crippen molar-refractivity contribution < 1.29 is 9.90 Å². The fourth-order valence-electron chi connectivity index (χ4n) is 2.11. The summed E-state index contributed by atoms with van der Waals surface area (Å²) in [7, 11) is 0. The van der Waals surface area contributed by atoms with Crippen LogP contribution in [0.25, 0.3) is 0 Å². The van der Waals surface area contributed by atoms with Crippen LogP contribution in [0.2, 0.25) is 0 Å². The van der Waals surface area contributed by atoms with Crippen LogP contribution < -0.4 is 5.32 Å². The van der Waals surface area contributed by atoms with Gasteiger partial charge < -0.3 is 10.4 Å². The molecule has 0 aliphatic heterocycles. The Morgan fingerprint density at radius 1 is 1.42 bits per heavy atom. The third kappa shape index (κ3) is 6.91. The Morgan fingerprint density at radius 3 is 2.63 bits per heavy atom. The molecule has 0 aliphatic rings. The number of aromatic nitrogens is 1. The molecule has 0 radical (unpaired) electrons. The van der Waals surface area contributed by atoms with Gasteiger partial charge >= 0.3 is 0 Å². The van der Waals surface area contributed by atoms with Crippen LogP contribution in [0, 0.1) is 5.41 Å². The van der Waals surface area contributed by atoms with Crippen molar-refractivity contribution in [1.82, 2.24) is 10.3 Å². The zero-order valence-corrected chi connectivity index (χ0v) is 12.0. The smallest absolute Gasteiger partial charge is 0.220 e. The van der Waals surface area contributed by atoms with E-state index in [1.54, 1.807) is 19.3 Å². The van der Waals surface area contributed by atoms with Gasteiger partial charge in [0.1, 0.15) is 0 Å². The monoisotopic (exact) mass is 264 g/mol. The molecule has 0 aromatic carbocycles. The summed E-state index contributed by atoms with van der Waals surface area (Å²) in [5, 5.41) is 12.3. The predicted molar refractivity (Wildman–Crippen MR) is 75.6 cm³/mol. The van der Waals surface area contributed by atoms with E-state index >= 15 is 0 Å². The lowest BCUT2D eigenvalue weighted by atomic mass is 9.87. The number of hydrogen-bond donors (Lipinski definition) is 2. The van der Waals surface area contributed by atoms with Gasteiger partial charge in [0.05, 0.1) is 6.10 Å². The first kappa shape index (κ1) is 15.6. The lowest BCUT2D eigenvalue weighted by Crippen LogP contribution is -2.35. The summed E-state index contributed by atoms with van der Waals surface area (Å²) in [4.78, 5) is 15.7. The Balaban J connectivity index is 2.28. The van der Waals surface area contributed by atoms with Crippen molar-refractivity contribution in [2.45, 2.75) is 46.1 Å². The summed E-state index contributed by atoms with van der Waals surface area (Å²) in [5.41, 5.74) is 1.04. The number of carbonyl (C=O) groups is 1. The van der Waals surface area contributed by atoms with Gasteiger partial charge in [0.2, 0.25) is 5.91 Å². The van der Waals surface area contributed by atoms with Crippen LogP contribution in [-0.2, 0) is 11.2 Å². The number of hydrogen-bond acceptors (Lipinski definition) is 3. The van der Waals surface area contributed by atoms with Crippen molar-refractivity contribution in [2.75, 3.05) is 6.54 Å². The van der Waals surface area contributed by atoms with E-state index in [1.807, 2.05) is 26.0 Å². The molecule has 106 valence electrons. The van der Waals surface area contributed by atoms with Crippen molar-refractivity contribution >= 4 is 5.91 Å². The summed E-state index contributed by atoms with van der Waals surface area (Å²) >= 11 is 0. The number of nitrogens with one attached hydrogen (secondary N) is 1. The molecule has 0 fully saturated rings. The van der Waals surface area contributed by atoms with E-state index in [1.165, 1.54) is 0 Å². The number of carbonyl (C=O) groups excluding carboxylic acids is 1. The number of aliphatic hydroxyl groups excluding tert-OH is 1. The van der Waals surface area contributed by atoms with Crippen LogP contribution >= 0.6 is 0 Å². The van der Waals surface area contributed by atoms with Crippen LogP contribution in [-0.4, -0.2) is 28.6 Å². The first-order valence-electron chi connectivity index (χ1n) is 6.73. The summed E-state index contributed by atoms with van der Waals surface area (Å²) in [6, 6.07) is 3.84. The van der Waals surface area contributed by atoms with Crippen molar-refractivity contribution in [3.63, 3.8) is 0 Å². The molecule has 4 nitrogen and oxygen atoms in total. The summed E-state index contributed by atoms with van der Waals surface area (Å²) in [5.74, 6) is 0.0514. The molecule has 1 aromatic rings. The van der Waals surface area contributed by atoms with Gasteiger partial charge in [-0.3, -0.25) is 9.78 Å². The maximum atomic E-state index is 11.8. The van der Waals surface area contributed by atoms with Gasteiger partial charge in [0, 0.05) is 25.4 Å². The average molecular weight is 264 g/mol. The number of rotatable bonds is 7. The normalized spacial score (nSPS) is 13.1. The Labute approximate surface area is 115 Å². The zero-order chi connectivity index (χ0) is 14.3. The Morgan fingerprint density at radius 2 is 2.05 bits per heavy atom. The summed E-state index contributed by atoms with van der Waals surface area (Å²) < 4.78 is 0. The number of aryl methyl sites for hydroxylation is 1. The van der Waals surface area contributed by atoms with Crippen LogP contribution in [0.5, 0.6) is 0 Å². The quantitative estimate of drug-likeness (QED) is 0.791. The highest BCUT2D eigenvalue weighted by Gasteiger charge is 2.20. The van der Waals surface area contributed by atoms with Gasteiger partial charge in [-0.25, -0.2) is 0 Å². The molecule has 19 heavy (non-hydrogen) atoms. The number of aliphatic hydroxyl groups is 1. The van der Waals surface area contributed by atoms with Gasteiger partial charge in [-0.1, -0.05) is 13.8 Å². The lowest BCUT2D eigenvalue weighted by molar-refractivity contribution is -0.121. The molecule has 2 N–H and O–H groups in total. The van der Waals surface area contributed by atoms with Crippen LogP contribution in [0.3, 0.4) is 0 Å². The van der Waals surface area contributed by atoms with E-state index in [9.17, 15) is 9.90 Å². The fraction of sp³-hybridized carbons (Fsp3) is 0.600. The van der Waals surface area contributed by atoms with Crippen LogP contribution in [0.15, 0.2) is 24.5 Å². The van der Waals surface area contributed by atoms with Gasteiger partial charge in [-0.2, -0.15) is 0 Å². The van der Waals surface area contributed by atoms with E-state index in [0.717, 1.165) is 12.0 Å². The van der Waals surface area contributed by atoms with Gasteiger partial charge in [-0.05, 0) is 42.9 Å². The lowest BCUT2D eigenvalue weighted by Gasteiger charge is -2.26. The number of amides is 1. The molecule has 0 aliphatic carbocycles. The van der Waals surface area contributed by atoms with E-state index in [2.05, 4.69) is 10.3 Å². The zero-order valence-electron chi connectivity index (χ0n) is 12.0. The third-order valence-corrected chi connectivity index (χ3v) is 3.00. The predicted octanol–water partition coefficient (Wildman–Crippen LogP) is 1.93. The van der Waals surface area contributed by atoms with Crippen molar-refractivity contribution in [1.29, 1.82) is 0 Å². The maximum absolute atomic E-state index is 11.8. The molecule has 0 bridgehead atoms. The Bertz CT molecular complexity index is 388. The first-order chi connectivity index (χ1) is 8.89. The minimum Gasteiger partial charge on any atom is -0.393 e. The fourth-order valence-corrected chi connectivity index (χ4v) is 2.11. The molecule has 0 saturated heterocycles. The summed E-state index contributed by atoms with van der Waals surface area (Å²) in [6.07, 6.45) is 5.01. The van der Waals surface area contributed by atoms with E-state index in [-0.39, 0.29) is 17.4 Å². The molecular formula is C15H24N2O2. The Kier molecular flexibility index (Phi) is 5.96. The van der Waals surface area contributed by atoms with Crippen molar-refractivity contribution in [3.8, 4) is 0 Å². The maximum Gasteiger partial charge on any atom is 0.220 e. The summed E-state index contributed by atoms with van der Waals surface area (Å²) in [6.45, 7) is 6.45. The second kappa shape index (κ2) is 7.24. The topological polar surface area (TPSA) is 62.2 Å². The molecule has 1 rings (SSSR count). The highest BCUT2D eigenvalue weighted by molar-refractivity contribution is 5.76. The number of pyridine rings is 1. The molecule has 1 aromatic heterocycles. The second-order valence-electron chi connectivity index (χ2n) is 5.85. The van der Waals surface area contributed by atoms with Gasteiger partial charge in [0.25, 0.3) is 0 Å². The molecule has 1 unspecified atom stereocenters. The molecule has 0 saturated carbocycles. The Hall–Kier alpha value is -1.42. The molecule has 1 heterocycles. The van der Waals surface area contributed by atoms with E-state index in [0.29, 0.717) is 19.4 Å². The molecule has 4 heteroatoms. The first-order valence-corrected chi connectivity index (χ1v) is 6.73. The van der Waals surface area contributed by atoms with Crippen LogP contribution in [0.1, 0.15) is 39.2 Å². The van der Waals surface area contributed by atoms with Gasteiger partial charge in [-0.15, -0.1) is 0 Å². The SMILES string of the molecule is CC(O)CC(C)(C)CNC(=O)CCc1ccncc1. The highest BCUT2D eigenvalue weighted by Crippen LogP contribution is 2.21. The molecule has 0 spiro atoms. The highest BCUT2D eigenvalue weighted by atomic mass is 16.3. The molecule has 1 atom stereocenters. The minimum atomic E-state index is -0.344. The minimum absolute atomic E-state index is 0.0514. The largest absolute Gasteiger partial charge is 0.393 e. The number of nitrogens with zero attached hydrogens (tertiary/aromatic N) is 1. The van der Waals surface area contributed by atoms with E-state index in [4.69, 9.17) is 0 Å². The standard InChI is InChI=1S/C15H24N2O2/c1-12(18)10-15(2,3)11-17-14(19)5-4-13-6-8-16-9-7-13/h6-9,12,18H,4-5,10-11H2,1-3H3,(H,17,19). The van der Waals surface area contributed by atoms with Crippen molar-refractivity contribution in [2.24, 2.45) is 5.41 Å². The van der Waals surface area contributed by atoms with E-state index < -0.39 is 0 Å².